The van der Waals surface area contributed by atoms with Crippen LogP contribution in [0.5, 0.6) is 5.75 Å². The summed E-state index contributed by atoms with van der Waals surface area (Å²) in [5.41, 5.74) is 1.09. The van der Waals surface area contributed by atoms with E-state index in [0.29, 0.717) is 22.2 Å². The number of amides is 3. The van der Waals surface area contributed by atoms with Crippen molar-refractivity contribution in [2.24, 2.45) is 0 Å². The van der Waals surface area contributed by atoms with Crippen molar-refractivity contribution in [1.82, 2.24) is 5.32 Å². The van der Waals surface area contributed by atoms with Gasteiger partial charge in [0.1, 0.15) is 11.5 Å². The van der Waals surface area contributed by atoms with E-state index in [2.05, 4.69) is 16.0 Å². The summed E-state index contributed by atoms with van der Waals surface area (Å²) in [6.07, 6.45) is 1.53. The van der Waals surface area contributed by atoms with E-state index in [1.165, 1.54) is 18.4 Å². The summed E-state index contributed by atoms with van der Waals surface area (Å²) in [4.78, 5) is 24.0. The number of furan rings is 1. The van der Waals surface area contributed by atoms with Gasteiger partial charge in [-0.3, -0.25) is 4.79 Å². The van der Waals surface area contributed by atoms with Crippen LogP contribution in [0, 0.1) is 0 Å². The van der Waals surface area contributed by atoms with Gasteiger partial charge in [0.2, 0.25) is 0 Å². The van der Waals surface area contributed by atoms with Crippen LogP contribution in [-0.4, -0.2) is 18.5 Å². The van der Waals surface area contributed by atoms with E-state index < -0.39 is 5.91 Å². The number of halogens is 3. The van der Waals surface area contributed by atoms with Gasteiger partial charge in [0.15, 0.2) is 6.61 Å². The molecule has 3 amide bonds. The Bertz CT molecular complexity index is 1020. The highest BCUT2D eigenvalue weighted by atomic mass is 35.5. The van der Waals surface area contributed by atoms with E-state index in [9.17, 15) is 9.59 Å². The molecule has 3 N–H and O–H groups in total. The molecule has 0 fully saturated rings. The molecule has 0 aliphatic heterocycles. The van der Waals surface area contributed by atoms with Gasteiger partial charge < -0.3 is 25.1 Å². The highest BCUT2D eigenvalue weighted by Crippen LogP contribution is 2.33. The van der Waals surface area contributed by atoms with Crippen molar-refractivity contribution >= 4 is 58.1 Å². The number of rotatable bonds is 7. The van der Waals surface area contributed by atoms with Crippen LogP contribution in [0.4, 0.5) is 16.2 Å². The largest absolute Gasteiger partial charge is 0.482 e. The van der Waals surface area contributed by atoms with Crippen molar-refractivity contribution in [1.29, 1.82) is 0 Å². The minimum atomic E-state index is -0.394. The molecule has 0 atom stereocenters. The number of hydrogen-bond donors (Lipinski definition) is 3. The monoisotopic (exact) mass is 467 g/mol. The first-order valence-electron chi connectivity index (χ1n) is 8.65. The molecule has 0 aliphatic carbocycles. The SMILES string of the molecule is O=C(COc1cc(Cl)c(Cl)cc1Cl)Nc1ccc(NC(=O)NCc2ccco2)cc1. The Morgan fingerprint density at radius 2 is 1.57 bits per heavy atom. The second kappa shape index (κ2) is 10.2. The predicted octanol–water partition coefficient (Wildman–Crippen LogP) is 5.58. The third-order valence-corrected chi connectivity index (χ3v) is 4.78. The van der Waals surface area contributed by atoms with E-state index in [-0.39, 0.29) is 35.0 Å². The first-order valence-corrected chi connectivity index (χ1v) is 9.78. The first kappa shape index (κ1) is 21.8. The van der Waals surface area contributed by atoms with Crippen LogP contribution in [0.25, 0.3) is 0 Å². The lowest BCUT2D eigenvalue weighted by Gasteiger charge is -2.11. The van der Waals surface area contributed by atoms with Gasteiger partial charge in [-0.25, -0.2) is 4.79 Å². The van der Waals surface area contributed by atoms with E-state index in [0.717, 1.165) is 0 Å². The maximum atomic E-state index is 12.1. The predicted molar refractivity (Wildman–Crippen MR) is 117 cm³/mol. The number of hydrogen-bond acceptors (Lipinski definition) is 4. The molecule has 156 valence electrons. The number of ether oxygens (including phenoxy) is 1. The van der Waals surface area contributed by atoms with Gasteiger partial charge in [-0.1, -0.05) is 34.8 Å². The minimum Gasteiger partial charge on any atom is -0.482 e. The highest BCUT2D eigenvalue weighted by molar-refractivity contribution is 6.43. The smallest absolute Gasteiger partial charge is 0.319 e. The lowest BCUT2D eigenvalue weighted by Crippen LogP contribution is -2.28. The van der Waals surface area contributed by atoms with Crippen LogP contribution in [0.15, 0.2) is 59.2 Å². The molecule has 0 saturated heterocycles. The van der Waals surface area contributed by atoms with Crippen molar-refractivity contribution < 1.29 is 18.7 Å². The lowest BCUT2D eigenvalue weighted by molar-refractivity contribution is -0.118. The molecule has 1 aromatic heterocycles. The van der Waals surface area contributed by atoms with E-state index in [1.54, 1.807) is 36.4 Å². The minimum absolute atomic E-state index is 0.248. The van der Waals surface area contributed by atoms with Gasteiger partial charge in [0.25, 0.3) is 5.91 Å². The van der Waals surface area contributed by atoms with Crippen molar-refractivity contribution in [2.45, 2.75) is 6.54 Å². The quantitative estimate of drug-likeness (QED) is 0.395. The number of benzene rings is 2. The van der Waals surface area contributed by atoms with Crippen LogP contribution in [0.2, 0.25) is 15.1 Å². The maximum Gasteiger partial charge on any atom is 0.319 e. The summed E-state index contributed by atoms with van der Waals surface area (Å²) in [6, 6.07) is 12.6. The molecule has 2 aromatic carbocycles. The number of urea groups is 1. The van der Waals surface area contributed by atoms with Crippen LogP contribution in [0.3, 0.4) is 0 Å². The Labute approximate surface area is 187 Å². The fourth-order valence-electron chi connectivity index (χ4n) is 2.35. The third-order valence-electron chi connectivity index (χ3n) is 3.76. The van der Waals surface area contributed by atoms with Gasteiger partial charge in [-0.2, -0.15) is 0 Å². The number of nitrogens with one attached hydrogen (secondary N) is 3. The Hall–Kier alpha value is -2.87. The Kier molecular flexibility index (Phi) is 7.46. The Balaban J connectivity index is 1.46. The Morgan fingerprint density at radius 1 is 0.900 bits per heavy atom. The molecule has 0 saturated carbocycles. The fourth-order valence-corrected chi connectivity index (χ4v) is 2.94. The Morgan fingerprint density at radius 3 is 2.23 bits per heavy atom. The number of carbonyl (C=O) groups is 2. The van der Waals surface area contributed by atoms with Crippen LogP contribution >= 0.6 is 34.8 Å². The molecule has 0 spiro atoms. The number of anilines is 2. The molecule has 0 unspecified atom stereocenters. The van der Waals surface area contributed by atoms with Crippen LogP contribution in [-0.2, 0) is 11.3 Å². The van der Waals surface area contributed by atoms with Gasteiger partial charge in [0, 0.05) is 17.4 Å². The van der Waals surface area contributed by atoms with E-state index >= 15 is 0 Å². The summed E-state index contributed by atoms with van der Waals surface area (Å²) in [7, 11) is 0. The molecule has 0 radical (unpaired) electrons. The molecule has 3 aromatic rings. The zero-order valence-electron chi connectivity index (χ0n) is 15.4. The molecule has 30 heavy (non-hydrogen) atoms. The van der Waals surface area contributed by atoms with Crippen molar-refractivity contribution in [3.05, 3.63) is 75.6 Å². The van der Waals surface area contributed by atoms with Crippen molar-refractivity contribution in [3.63, 3.8) is 0 Å². The first-order chi connectivity index (χ1) is 14.4. The normalized spacial score (nSPS) is 10.4. The molecular formula is C20H16Cl3N3O4. The highest BCUT2D eigenvalue weighted by Gasteiger charge is 2.10. The number of carbonyl (C=O) groups excluding carboxylic acids is 2. The van der Waals surface area contributed by atoms with Crippen molar-refractivity contribution in [3.8, 4) is 5.75 Å². The molecule has 0 bridgehead atoms. The molecule has 3 rings (SSSR count). The van der Waals surface area contributed by atoms with Crippen LogP contribution in [0.1, 0.15) is 5.76 Å². The summed E-state index contributed by atoms with van der Waals surface area (Å²) >= 11 is 17.8. The van der Waals surface area contributed by atoms with Gasteiger partial charge in [-0.15, -0.1) is 0 Å². The van der Waals surface area contributed by atoms with Gasteiger partial charge in [-0.05, 0) is 42.5 Å². The van der Waals surface area contributed by atoms with Crippen molar-refractivity contribution in [2.75, 3.05) is 17.2 Å². The summed E-state index contributed by atoms with van der Waals surface area (Å²) < 4.78 is 10.5. The van der Waals surface area contributed by atoms with Gasteiger partial charge in [0.05, 0.1) is 27.9 Å². The zero-order valence-corrected chi connectivity index (χ0v) is 17.6. The van der Waals surface area contributed by atoms with E-state index in [1.807, 2.05) is 0 Å². The standard InChI is InChI=1S/C20H16Cl3N3O4/c21-15-8-17(23)18(9-16(15)22)30-11-19(27)25-12-3-5-13(6-4-12)26-20(28)24-10-14-2-1-7-29-14/h1-9H,10-11H2,(H,25,27)(H2,24,26,28). The topological polar surface area (TPSA) is 92.6 Å². The third kappa shape index (κ3) is 6.32. The molecule has 0 aliphatic rings. The lowest BCUT2D eigenvalue weighted by atomic mass is 10.3. The molecule has 1 heterocycles. The average Bonchev–Trinajstić information content (AvgIpc) is 3.23. The van der Waals surface area contributed by atoms with Crippen LogP contribution < -0.4 is 20.7 Å². The summed E-state index contributed by atoms with van der Waals surface area (Å²) in [5.74, 6) is 0.503. The average molecular weight is 469 g/mol. The second-order valence-electron chi connectivity index (χ2n) is 6.00. The van der Waals surface area contributed by atoms with E-state index in [4.69, 9.17) is 44.0 Å². The second-order valence-corrected chi connectivity index (χ2v) is 7.22. The fraction of sp³-hybridized carbons (Fsp3) is 0.100. The molecule has 10 heteroatoms. The molecular weight excluding hydrogens is 453 g/mol. The maximum absolute atomic E-state index is 12.1. The summed E-state index contributed by atoms with van der Waals surface area (Å²) in [5, 5.41) is 8.83. The zero-order chi connectivity index (χ0) is 21.5. The summed E-state index contributed by atoms with van der Waals surface area (Å²) in [6.45, 7) is 0.00267. The van der Waals surface area contributed by atoms with Gasteiger partial charge >= 0.3 is 6.03 Å². The molecule has 7 nitrogen and oxygen atoms in total.